The molecular weight excluding hydrogens is 333 g/mol. The summed E-state index contributed by atoms with van der Waals surface area (Å²) >= 11 is 3.22. The van der Waals surface area contributed by atoms with Crippen LogP contribution in [0.2, 0.25) is 0 Å². The first-order chi connectivity index (χ1) is 9.95. The molecule has 1 fully saturated rings. The molecule has 1 N–H and O–H groups in total. The van der Waals surface area contributed by atoms with Gasteiger partial charge in [-0.1, -0.05) is 31.7 Å². The third-order valence-corrected chi connectivity index (χ3v) is 5.50. The van der Waals surface area contributed by atoms with Crippen molar-refractivity contribution < 1.29 is 9.50 Å². The van der Waals surface area contributed by atoms with Gasteiger partial charge in [-0.15, -0.1) is 0 Å². The molecular formula is C17H25BrFNO. The van der Waals surface area contributed by atoms with Gasteiger partial charge in [0.25, 0.3) is 0 Å². The van der Waals surface area contributed by atoms with Crippen molar-refractivity contribution in [3.05, 3.63) is 34.1 Å². The Morgan fingerprint density at radius 2 is 1.86 bits per heavy atom. The summed E-state index contributed by atoms with van der Waals surface area (Å²) < 4.78 is 13.8. The summed E-state index contributed by atoms with van der Waals surface area (Å²) in [6.07, 6.45) is 7.05. The van der Waals surface area contributed by atoms with Crippen LogP contribution in [0.5, 0.6) is 0 Å². The van der Waals surface area contributed by atoms with Crippen molar-refractivity contribution in [2.24, 2.45) is 0 Å². The standard InChI is InChI=1S/C17H25BrFNO/c1-20(2)17(9-5-3-4-6-10-17)16(21)12-13-7-8-15(19)14(18)11-13/h7-8,11,16,21H,3-6,9-10,12H2,1-2H3. The van der Waals surface area contributed by atoms with E-state index in [0.29, 0.717) is 10.9 Å². The highest BCUT2D eigenvalue weighted by molar-refractivity contribution is 9.10. The normalized spacial score (nSPS) is 20.3. The van der Waals surface area contributed by atoms with Crippen molar-refractivity contribution >= 4 is 15.9 Å². The van der Waals surface area contributed by atoms with E-state index in [-0.39, 0.29) is 11.4 Å². The van der Waals surface area contributed by atoms with Gasteiger partial charge in [-0.05, 0) is 60.6 Å². The number of aliphatic hydroxyl groups excluding tert-OH is 1. The Bertz CT molecular complexity index is 470. The first-order valence-electron chi connectivity index (χ1n) is 7.75. The maximum Gasteiger partial charge on any atom is 0.137 e. The highest BCUT2D eigenvalue weighted by atomic mass is 79.9. The van der Waals surface area contributed by atoms with Crippen LogP contribution in [0.4, 0.5) is 4.39 Å². The molecule has 118 valence electrons. The second-order valence-electron chi connectivity index (χ2n) is 6.38. The third kappa shape index (κ3) is 3.85. The van der Waals surface area contributed by atoms with Crippen LogP contribution in [-0.2, 0) is 6.42 Å². The summed E-state index contributed by atoms with van der Waals surface area (Å²) in [5.41, 5.74) is 0.818. The fourth-order valence-electron chi connectivity index (χ4n) is 3.50. The van der Waals surface area contributed by atoms with E-state index in [0.717, 1.165) is 18.4 Å². The van der Waals surface area contributed by atoms with Crippen LogP contribution in [0.25, 0.3) is 0 Å². The fraction of sp³-hybridized carbons (Fsp3) is 0.647. The van der Waals surface area contributed by atoms with E-state index in [1.165, 1.54) is 31.7 Å². The van der Waals surface area contributed by atoms with Gasteiger partial charge in [0.2, 0.25) is 0 Å². The van der Waals surface area contributed by atoms with Gasteiger partial charge in [-0.2, -0.15) is 0 Å². The molecule has 0 radical (unpaired) electrons. The van der Waals surface area contributed by atoms with Gasteiger partial charge < -0.3 is 10.0 Å². The van der Waals surface area contributed by atoms with Crippen molar-refractivity contribution in [1.82, 2.24) is 4.90 Å². The summed E-state index contributed by atoms with van der Waals surface area (Å²) in [6, 6.07) is 5.00. The predicted octanol–water partition coefficient (Wildman–Crippen LogP) is 4.15. The molecule has 0 aliphatic heterocycles. The zero-order valence-corrected chi connectivity index (χ0v) is 14.5. The van der Waals surface area contributed by atoms with Gasteiger partial charge >= 0.3 is 0 Å². The second kappa shape index (κ2) is 7.21. The first kappa shape index (κ1) is 16.9. The topological polar surface area (TPSA) is 23.5 Å². The fourth-order valence-corrected chi connectivity index (χ4v) is 3.93. The van der Waals surface area contributed by atoms with Gasteiger partial charge in [-0.3, -0.25) is 0 Å². The number of aliphatic hydroxyl groups is 1. The lowest BCUT2D eigenvalue weighted by Crippen LogP contribution is -2.54. The van der Waals surface area contributed by atoms with E-state index in [1.807, 2.05) is 0 Å². The van der Waals surface area contributed by atoms with Crippen LogP contribution in [-0.4, -0.2) is 35.7 Å². The number of nitrogens with zero attached hydrogens (tertiary/aromatic N) is 1. The largest absolute Gasteiger partial charge is 0.391 e. The highest BCUT2D eigenvalue weighted by Crippen LogP contribution is 2.35. The molecule has 0 aromatic heterocycles. The summed E-state index contributed by atoms with van der Waals surface area (Å²) in [5, 5.41) is 10.9. The molecule has 1 saturated carbocycles. The number of halogens is 2. The van der Waals surface area contributed by atoms with Gasteiger partial charge in [-0.25, -0.2) is 4.39 Å². The van der Waals surface area contributed by atoms with Crippen molar-refractivity contribution in [1.29, 1.82) is 0 Å². The Labute approximate surface area is 135 Å². The number of rotatable bonds is 4. The van der Waals surface area contributed by atoms with Gasteiger partial charge in [0.15, 0.2) is 0 Å². The Balaban J connectivity index is 2.17. The molecule has 21 heavy (non-hydrogen) atoms. The number of hydrogen-bond donors (Lipinski definition) is 1. The summed E-state index contributed by atoms with van der Waals surface area (Å²) in [4.78, 5) is 2.20. The SMILES string of the molecule is CN(C)C1(C(O)Cc2ccc(F)c(Br)c2)CCCCCC1. The zero-order chi connectivity index (χ0) is 15.5. The van der Waals surface area contributed by atoms with Crippen LogP contribution in [0.1, 0.15) is 44.1 Å². The molecule has 4 heteroatoms. The Morgan fingerprint density at radius 3 is 2.38 bits per heavy atom. The molecule has 2 rings (SSSR count). The molecule has 1 aliphatic rings. The molecule has 0 saturated heterocycles. The Hall–Kier alpha value is -0.450. The van der Waals surface area contributed by atoms with E-state index in [4.69, 9.17) is 0 Å². The lowest BCUT2D eigenvalue weighted by Gasteiger charge is -2.43. The molecule has 1 aromatic carbocycles. The average molecular weight is 358 g/mol. The molecule has 0 bridgehead atoms. The van der Waals surface area contributed by atoms with Crippen molar-refractivity contribution in [3.8, 4) is 0 Å². The monoisotopic (exact) mass is 357 g/mol. The van der Waals surface area contributed by atoms with Crippen LogP contribution in [0.15, 0.2) is 22.7 Å². The smallest absolute Gasteiger partial charge is 0.137 e. The number of hydrogen-bond acceptors (Lipinski definition) is 2. The van der Waals surface area contributed by atoms with Crippen LogP contribution in [0, 0.1) is 5.82 Å². The molecule has 1 atom stereocenters. The predicted molar refractivity (Wildman–Crippen MR) is 87.9 cm³/mol. The minimum absolute atomic E-state index is 0.155. The van der Waals surface area contributed by atoms with E-state index in [1.54, 1.807) is 12.1 Å². The number of benzene rings is 1. The first-order valence-corrected chi connectivity index (χ1v) is 8.54. The van der Waals surface area contributed by atoms with E-state index in [9.17, 15) is 9.50 Å². The molecule has 0 amide bonds. The van der Waals surface area contributed by atoms with Gasteiger partial charge in [0.1, 0.15) is 5.82 Å². The molecule has 0 heterocycles. The highest BCUT2D eigenvalue weighted by Gasteiger charge is 2.39. The lowest BCUT2D eigenvalue weighted by molar-refractivity contribution is -0.0174. The van der Waals surface area contributed by atoms with Gasteiger partial charge in [0, 0.05) is 12.0 Å². The third-order valence-electron chi connectivity index (χ3n) is 4.89. The van der Waals surface area contributed by atoms with Gasteiger partial charge in [0.05, 0.1) is 10.6 Å². The van der Waals surface area contributed by atoms with E-state index < -0.39 is 6.10 Å². The van der Waals surface area contributed by atoms with E-state index >= 15 is 0 Å². The second-order valence-corrected chi connectivity index (χ2v) is 7.23. The molecule has 1 aromatic rings. The van der Waals surface area contributed by atoms with Crippen molar-refractivity contribution in [3.63, 3.8) is 0 Å². The molecule has 1 aliphatic carbocycles. The maximum absolute atomic E-state index is 13.3. The molecule has 0 spiro atoms. The van der Waals surface area contributed by atoms with Crippen molar-refractivity contribution in [2.75, 3.05) is 14.1 Å². The van der Waals surface area contributed by atoms with Crippen LogP contribution >= 0.6 is 15.9 Å². The minimum Gasteiger partial charge on any atom is -0.391 e. The zero-order valence-electron chi connectivity index (χ0n) is 12.9. The van der Waals surface area contributed by atoms with Crippen LogP contribution in [0.3, 0.4) is 0 Å². The Kier molecular flexibility index (Phi) is 5.81. The van der Waals surface area contributed by atoms with Crippen LogP contribution < -0.4 is 0 Å². The average Bonchev–Trinajstić information content (AvgIpc) is 2.69. The van der Waals surface area contributed by atoms with E-state index in [2.05, 4.69) is 34.9 Å². The Morgan fingerprint density at radius 1 is 1.24 bits per heavy atom. The molecule has 1 unspecified atom stereocenters. The lowest BCUT2D eigenvalue weighted by atomic mass is 9.80. The molecule has 2 nitrogen and oxygen atoms in total. The maximum atomic E-state index is 13.3. The summed E-state index contributed by atoms with van der Waals surface area (Å²) in [6.45, 7) is 0. The summed E-state index contributed by atoms with van der Waals surface area (Å²) in [5.74, 6) is -0.259. The minimum atomic E-state index is -0.428. The summed E-state index contributed by atoms with van der Waals surface area (Å²) in [7, 11) is 4.13. The number of likely N-dealkylation sites (N-methyl/N-ethyl adjacent to an activating group) is 1. The quantitative estimate of drug-likeness (QED) is 0.818. The van der Waals surface area contributed by atoms with Crippen molar-refractivity contribution in [2.45, 2.75) is 56.6 Å².